The van der Waals surface area contributed by atoms with E-state index in [4.69, 9.17) is 4.42 Å². The Balaban J connectivity index is 1.42. The smallest absolute Gasteiger partial charge is 0.221 e. The number of nitrogens with zero attached hydrogens (tertiary/aromatic N) is 2. The summed E-state index contributed by atoms with van der Waals surface area (Å²) in [5.74, 6) is 1.15. The van der Waals surface area contributed by atoms with E-state index in [0.717, 1.165) is 55.2 Å². The van der Waals surface area contributed by atoms with Crippen molar-refractivity contribution in [1.82, 2.24) is 9.88 Å². The Morgan fingerprint density at radius 1 is 1.23 bits per heavy atom. The zero-order valence-corrected chi connectivity index (χ0v) is 14.9. The Bertz CT molecular complexity index is 868. The number of oxazole rings is 1. The van der Waals surface area contributed by atoms with Crippen LogP contribution in [0, 0.1) is 0 Å². The largest absolute Gasteiger partial charge is 0.440 e. The van der Waals surface area contributed by atoms with Gasteiger partial charge in [0.15, 0.2) is 11.5 Å². The van der Waals surface area contributed by atoms with E-state index in [0.29, 0.717) is 5.92 Å². The van der Waals surface area contributed by atoms with E-state index in [1.165, 1.54) is 12.5 Å². The first kappa shape index (κ1) is 16.8. The summed E-state index contributed by atoms with van der Waals surface area (Å²) in [4.78, 5) is 18.3. The van der Waals surface area contributed by atoms with Crippen molar-refractivity contribution in [3.05, 3.63) is 60.0 Å². The highest BCUT2D eigenvalue weighted by molar-refractivity contribution is 5.88. The van der Waals surface area contributed by atoms with E-state index in [1.807, 2.05) is 36.4 Å². The second kappa shape index (κ2) is 7.30. The van der Waals surface area contributed by atoms with E-state index < -0.39 is 0 Å². The molecule has 1 aliphatic rings. The van der Waals surface area contributed by atoms with Crippen molar-refractivity contribution in [3.8, 4) is 0 Å². The van der Waals surface area contributed by atoms with Crippen molar-refractivity contribution >= 4 is 22.7 Å². The molecule has 2 heterocycles. The number of para-hydroxylation sites is 2. The number of likely N-dealkylation sites (tertiary alicyclic amines) is 1. The molecule has 1 fully saturated rings. The molecule has 26 heavy (non-hydrogen) atoms. The first-order chi connectivity index (χ1) is 12.7. The van der Waals surface area contributed by atoms with E-state index in [9.17, 15) is 4.79 Å². The lowest BCUT2D eigenvalue weighted by Crippen LogP contribution is -2.34. The molecule has 1 saturated heterocycles. The summed E-state index contributed by atoms with van der Waals surface area (Å²) in [5, 5.41) is 2.80. The summed E-state index contributed by atoms with van der Waals surface area (Å²) in [7, 11) is 0. The number of hydrogen-bond donors (Lipinski definition) is 1. The van der Waals surface area contributed by atoms with Crippen molar-refractivity contribution in [2.24, 2.45) is 0 Å². The lowest BCUT2D eigenvalue weighted by molar-refractivity contribution is -0.114. The molecule has 134 valence electrons. The number of nitrogens with one attached hydrogen (secondary N) is 1. The Morgan fingerprint density at radius 3 is 2.81 bits per heavy atom. The molecule has 0 spiro atoms. The molecular formula is C21H23N3O2. The highest BCUT2D eigenvalue weighted by atomic mass is 16.3. The molecule has 0 unspecified atom stereocenters. The molecule has 1 N–H and O–H groups in total. The molecule has 1 amide bonds. The minimum Gasteiger partial charge on any atom is -0.440 e. The standard InChI is InChI=1S/C21H23N3O2/c1-15(25)22-18-10-8-16(9-11-18)13-24-12-4-5-17(14-24)21-23-19-6-2-3-7-20(19)26-21/h2-3,6-11,17H,4-5,12-14H2,1H3,(H,22,25)/t17-/m1/s1. The molecular weight excluding hydrogens is 326 g/mol. The van der Waals surface area contributed by atoms with Crippen LogP contribution < -0.4 is 5.32 Å². The highest BCUT2D eigenvalue weighted by Crippen LogP contribution is 2.29. The normalized spacial score (nSPS) is 18.1. The molecule has 0 saturated carbocycles. The minimum absolute atomic E-state index is 0.0463. The van der Waals surface area contributed by atoms with Gasteiger partial charge in [-0.1, -0.05) is 24.3 Å². The molecule has 3 aromatic rings. The predicted octanol–water partition coefficient (Wildman–Crippen LogP) is 4.17. The molecule has 0 bridgehead atoms. The molecule has 0 aliphatic carbocycles. The van der Waals surface area contributed by atoms with Gasteiger partial charge in [-0.25, -0.2) is 4.98 Å². The van der Waals surface area contributed by atoms with Gasteiger partial charge in [-0.05, 0) is 49.2 Å². The van der Waals surface area contributed by atoms with Crippen LogP contribution in [0.3, 0.4) is 0 Å². The summed E-state index contributed by atoms with van der Waals surface area (Å²) in [5.41, 5.74) is 3.89. The third-order valence-electron chi connectivity index (χ3n) is 4.85. The van der Waals surface area contributed by atoms with Crippen LogP contribution >= 0.6 is 0 Å². The molecule has 4 rings (SSSR count). The molecule has 2 aromatic carbocycles. The second-order valence-corrected chi connectivity index (χ2v) is 6.97. The van der Waals surface area contributed by atoms with Crippen LogP contribution in [0.25, 0.3) is 11.1 Å². The quantitative estimate of drug-likeness (QED) is 0.768. The fourth-order valence-corrected chi connectivity index (χ4v) is 3.62. The maximum Gasteiger partial charge on any atom is 0.221 e. The Kier molecular flexibility index (Phi) is 4.71. The third-order valence-corrected chi connectivity index (χ3v) is 4.85. The van der Waals surface area contributed by atoms with Crippen LogP contribution in [0.15, 0.2) is 52.9 Å². The monoisotopic (exact) mass is 349 g/mol. The van der Waals surface area contributed by atoms with Crippen LogP contribution in [0.1, 0.15) is 37.1 Å². The van der Waals surface area contributed by atoms with Gasteiger partial charge in [0, 0.05) is 31.6 Å². The van der Waals surface area contributed by atoms with E-state index in [1.54, 1.807) is 0 Å². The third kappa shape index (κ3) is 3.78. The fourth-order valence-electron chi connectivity index (χ4n) is 3.62. The number of hydrogen-bond acceptors (Lipinski definition) is 4. The van der Waals surface area contributed by atoms with Crippen molar-refractivity contribution in [2.75, 3.05) is 18.4 Å². The summed E-state index contributed by atoms with van der Waals surface area (Å²) < 4.78 is 5.98. The van der Waals surface area contributed by atoms with Crippen molar-refractivity contribution in [3.63, 3.8) is 0 Å². The van der Waals surface area contributed by atoms with Crippen LogP contribution in [-0.4, -0.2) is 28.9 Å². The summed E-state index contributed by atoms with van der Waals surface area (Å²) in [6.45, 7) is 4.47. The Hall–Kier alpha value is -2.66. The fraction of sp³-hybridized carbons (Fsp3) is 0.333. The first-order valence-electron chi connectivity index (χ1n) is 9.12. The van der Waals surface area contributed by atoms with E-state index >= 15 is 0 Å². The Morgan fingerprint density at radius 2 is 2.04 bits per heavy atom. The van der Waals surface area contributed by atoms with E-state index in [2.05, 4.69) is 27.3 Å². The molecule has 1 atom stereocenters. The van der Waals surface area contributed by atoms with Gasteiger partial charge < -0.3 is 9.73 Å². The van der Waals surface area contributed by atoms with Crippen molar-refractivity contribution < 1.29 is 9.21 Å². The van der Waals surface area contributed by atoms with Gasteiger partial charge in [-0.15, -0.1) is 0 Å². The molecule has 1 aromatic heterocycles. The lowest BCUT2D eigenvalue weighted by atomic mass is 9.97. The number of piperidine rings is 1. The van der Waals surface area contributed by atoms with Gasteiger partial charge in [-0.3, -0.25) is 9.69 Å². The number of amides is 1. The van der Waals surface area contributed by atoms with Gasteiger partial charge in [0.25, 0.3) is 0 Å². The average molecular weight is 349 g/mol. The summed E-state index contributed by atoms with van der Waals surface area (Å²) in [6.07, 6.45) is 2.26. The number of aromatic nitrogens is 1. The van der Waals surface area contributed by atoms with E-state index in [-0.39, 0.29) is 5.91 Å². The maximum atomic E-state index is 11.1. The zero-order valence-electron chi connectivity index (χ0n) is 14.9. The number of anilines is 1. The van der Waals surface area contributed by atoms with Crippen LogP contribution in [-0.2, 0) is 11.3 Å². The maximum absolute atomic E-state index is 11.1. The molecule has 5 nitrogen and oxygen atoms in total. The van der Waals surface area contributed by atoms with Gasteiger partial charge >= 0.3 is 0 Å². The summed E-state index contributed by atoms with van der Waals surface area (Å²) >= 11 is 0. The number of rotatable bonds is 4. The predicted molar refractivity (Wildman–Crippen MR) is 102 cm³/mol. The molecule has 0 radical (unpaired) electrons. The van der Waals surface area contributed by atoms with Crippen LogP contribution in [0.5, 0.6) is 0 Å². The number of carbonyl (C=O) groups is 1. The SMILES string of the molecule is CC(=O)Nc1ccc(CN2CCC[C@@H](c3nc4ccccc4o3)C2)cc1. The minimum atomic E-state index is -0.0463. The number of fused-ring (bicyclic) bond motifs is 1. The van der Waals surface area contributed by atoms with Gasteiger partial charge in [0.2, 0.25) is 5.91 Å². The highest BCUT2D eigenvalue weighted by Gasteiger charge is 2.25. The second-order valence-electron chi connectivity index (χ2n) is 6.97. The summed E-state index contributed by atoms with van der Waals surface area (Å²) in [6, 6.07) is 16.0. The number of carbonyl (C=O) groups excluding carboxylic acids is 1. The van der Waals surface area contributed by atoms with Gasteiger partial charge in [0.1, 0.15) is 5.52 Å². The van der Waals surface area contributed by atoms with Gasteiger partial charge in [-0.2, -0.15) is 0 Å². The lowest BCUT2D eigenvalue weighted by Gasteiger charge is -2.31. The Labute approximate surface area is 153 Å². The van der Waals surface area contributed by atoms with Crippen molar-refractivity contribution in [1.29, 1.82) is 0 Å². The topological polar surface area (TPSA) is 58.4 Å². The molecule has 5 heteroatoms. The first-order valence-corrected chi connectivity index (χ1v) is 9.12. The number of benzene rings is 2. The van der Waals surface area contributed by atoms with Crippen LogP contribution in [0.2, 0.25) is 0 Å². The van der Waals surface area contributed by atoms with Gasteiger partial charge in [0.05, 0.1) is 0 Å². The molecule has 1 aliphatic heterocycles. The van der Waals surface area contributed by atoms with Crippen LogP contribution in [0.4, 0.5) is 5.69 Å². The van der Waals surface area contributed by atoms with Crippen molar-refractivity contribution in [2.45, 2.75) is 32.2 Å². The zero-order chi connectivity index (χ0) is 17.9. The average Bonchev–Trinajstić information content (AvgIpc) is 3.07.